The molecule has 0 aliphatic rings. The molecular formula is C46H30OS. The Morgan fingerprint density at radius 3 is 1.69 bits per heavy atom. The Morgan fingerprint density at radius 1 is 0.521 bits per heavy atom. The lowest BCUT2D eigenvalue weighted by Crippen LogP contribution is -1.92. The zero-order valence-electron chi connectivity index (χ0n) is 26.7. The first-order valence-corrected chi connectivity index (χ1v) is 17.4. The van der Waals surface area contributed by atoms with Crippen molar-refractivity contribution in [3.8, 4) is 22.3 Å². The predicted molar refractivity (Wildman–Crippen MR) is 209 cm³/mol. The van der Waals surface area contributed by atoms with Gasteiger partial charge in [-0.05, 0) is 97.7 Å². The van der Waals surface area contributed by atoms with Gasteiger partial charge in [-0.1, -0.05) is 127 Å². The number of allylic oxidation sites excluding steroid dienone is 1. The quantitative estimate of drug-likeness (QED) is 0.177. The van der Waals surface area contributed by atoms with Crippen LogP contribution >= 0.6 is 11.3 Å². The average molecular weight is 631 g/mol. The van der Waals surface area contributed by atoms with Gasteiger partial charge in [-0.2, -0.15) is 0 Å². The summed E-state index contributed by atoms with van der Waals surface area (Å²) in [5, 5.41) is 12.5. The monoisotopic (exact) mass is 630 g/mol. The molecule has 0 saturated carbocycles. The zero-order valence-corrected chi connectivity index (χ0v) is 27.5. The van der Waals surface area contributed by atoms with Gasteiger partial charge in [0.25, 0.3) is 0 Å². The summed E-state index contributed by atoms with van der Waals surface area (Å²) in [6, 6.07) is 49.0. The standard InChI is InChI=1S/C46H30OS/c1-3-12-28-21-22-29(25-27(28)2)41-31-13-4-6-15-33(31)42(34-16-7-5-14-32(34)41)30-23-24-39-38(26-30)43-35-17-8-9-18-36(35)44-37-19-10-11-20-40(37)48-46(44)45(43)47-39/h3-26H,1-2H3/b12-3-. The third-order valence-electron chi connectivity index (χ3n) is 10.1. The molecule has 8 aromatic carbocycles. The number of thiophene rings is 1. The van der Waals surface area contributed by atoms with E-state index in [2.05, 4.69) is 159 Å². The lowest BCUT2D eigenvalue weighted by Gasteiger charge is -2.18. The van der Waals surface area contributed by atoms with Gasteiger partial charge in [0, 0.05) is 26.2 Å². The summed E-state index contributed by atoms with van der Waals surface area (Å²) < 4.78 is 9.30. The molecule has 0 radical (unpaired) electrons. The molecule has 0 atom stereocenters. The van der Waals surface area contributed by atoms with Gasteiger partial charge in [-0.25, -0.2) is 0 Å². The highest BCUT2D eigenvalue weighted by Crippen LogP contribution is 2.49. The topological polar surface area (TPSA) is 13.1 Å². The van der Waals surface area contributed by atoms with Gasteiger partial charge in [-0.3, -0.25) is 0 Å². The molecule has 10 aromatic rings. The Bertz CT molecular complexity index is 2910. The van der Waals surface area contributed by atoms with Gasteiger partial charge in [0.2, 0.25) is 0 Å². The highest BCUT2D eigenvalue weighted by atomic mass is 32.1. The van der Waals surface area contributed by atoms with Gasteiger partial charge in [0.1, 0.15) is 5.58 Å². The molecule has 2 aromatic heterocycles. The molecule has 1 nitrogen and oxygen atoms in total. The van der Waals surface area contributed by atoms with E-state index in [-0.39, 0.29) is 0 Å². The van der Waals surface area contributed by atoms with E-state index < -0.39 is 0 Å². The van der Waals surface area contributed by atoms with Crippen molar-refractivity contribution in [1.82, 2.24) is 0 Å². The van der Waals surface area contributed by atoms with E-state index in [4.69, 9.17) is 4.42 Å². The first kappa shape index (κ1) is 27.4. The number of rotatable bonds is 3. The maximum atomic E-state index is 6.79. The normalized spacial score (nSPS) is 12.3. The van der Waals surface area contributed by atoms with Crippen molar-refractivity contribution in [3.63, 3.8) is 0 Å². The SMILES string of the molecule is C/C=C\c1ccc(-c2c3ccccc3c(-c3ccc4oc5c6sc7ccccc7c6c6ccccc6c5c4c3)c3ccccc23)cc1C. The van der Waals surface area contributed by atoms with E-state index in [0.717, 1.165) is 16.6 Å². The average Bonchev–Trinajstić information content (AvgIpc) is 3.71. The molecule has 0 unspecified atom stereocenters. The fourth-order valence-electron chi connectivity index (χ4n) is 8.02. The second-order valence-corrected chi connectivity index (χ2v) is 13.8. The van der Waals surface area contributed by atoms with Gasteiger partial charge in [-0.15, -0.1) is 11.3 Å². The minimum absolute atomic E-state index is 0.922. The van der Waals surface area contributed by atoms with Crippen molar-refractivity contribution in [2.24, 2.45) is 0 Å². The van der Waals surface area contributed by atoms with Crippen LogP contribution in [-0.4, -0.2) is 0 Å². The lowest BCUT2D eigenvalue weighted by atomic mass is 9.85. The number of hydrogen-bond donors (Lipinski definition) is 0. The molecule has 226 valence electrons. The van der Waals surface area contributed by atoms with E-state index in [1.807, 2.05) is 11.3 Å². The second-order valence-electron chi connectivity index (χ2n) is 12.8. The van der Waals surface area contributed by atoms with E-state index in [1.54, 1.807) is 0 Å². The molecule has 2 heterocycles. The van der Waals surface area contributed by atoms with Crippen LogP contribution in [0.15, 0.2) is 144 Å². The van der Waals surface area contributed by atoms with E-state index >= 15 is 0 Å². The number of furan rings is 1. The van der Waals surface area contributed by atoms with Crippen LogP contribution in [0.3, 0.4) is 0 Å². The van der Waals surface area contributed by atoms with Gasteiger partial charge in [0.15, 0.2) is 5.58 Å². The molecule has 0 aliphatic carbocycles. The molecule has 0 fully saturated rings. The smallest absolute Gasteiger partial charge is 0.153 e. The Hall–Kier alpha value is -5.70. The fourth-order valence-corrected chi connectivity index (χ4v) is 9.23. The van der Waals surface area contributed by atoms with Crippen LogP contribution in [0.2, 0.25) is 0 Å². The first-order chi connectivity index (χ1) is 23.7. The maximum Gasteiger partial charge on any atom is 0.153 e. The van der Waals surface area contributed by atoms with Crippen LogP contribution in [0, 0.1) is 6.92 Å². The molecule has 0 amide bonds. The summed E-state index contributed by atoms with van der Waals surface area (Å²) in [6.07, 6.45) is 4.29. The molecule has 10 rings (SSSR count). The zero-order chi connectivity index (χ0) is 31.9. The molecule has 2 heteroatoms. The van der Waals surface area contributed by atoms with Gasteiger partial charge in [0.05, 0.1) is 4.70 Å². The van der Waals surface area contributed by atoms with Gasteiger partial charge < -0.3 is 4.42 Å². The van der Waals surface area contributed by atoms with Crippen molar-refractivity contribution in [2.45, 2.75) is 13.8 Å². The van der Waals surface area contributed by atoms with Crippen LogP contribution in [-0.2, 0) is 0 Å². The van der Waals surface area contributed by atoms with Gasteiger partial charge >= 0.3 is 0 Å². The van der Waals surface area contributed by atoms with Crippen LogP contribution in [0.4, 0.5) is 0 Å². The number of benzene rings is 8. The summed E-state index contributed by atoms with van der Waals surface area (Å²) in [5.74, 6) is 0. The van der Waals surface area contributed by atoms with Crippen molar-refractivity contribution in [3.05, 3.63) is 151 Å². The van der Waals surface area contributed by atoms with E-state index in [1.165, 1.54) is 91.3 Å². The third-order valence-corrected chi connectivity index (χ3v) is 11.2. The minimum atomic E-state index is 0.922. The van der Waals surface area contributed by atoms with Crippen LogP contribution < -0.4 is 0 Å². The number of aryl methyl sites for hydroxylation is 1. The Morgan fingerprint density at radius 2 is 1.06 bits per heavy atom. The molecule has 0 saturated heterocycles. The highest BCUT2D eigenvalue weighted by Gasteiger charge is 2.21. The Balaban J connectivity index is 1.30. The van der Waals surface area contributed by atoms with Crippen LogP contribution in [0.1, 0.15) is 18.1 Å². The Kier molecular flexibility index (Phi) is 5.94. The third kappa shape index (κ3) is 3.84. The number of hydrogen-bond acceptors (Lipinski definition) is 2. The van der Waals surface area contributed by atoms with E-state index in [9.17, 15) is 0 Å². The first-order valence-electron chi connectivity index (χ1n) is 16.6. The lowest BCUT2D eigenvalue weighted by molar-refractivity contribution is 0.673. The summed E-state index contributed by atoms with van der Waals surface area (Å²) in [4.78, 5) is 0. The van der Waals surface area contributed by atoms with E-state index in [0.29, 0.717) is 0 Å². The predicted octanol–water partition coefficient (Wildman–Crippen LogP) is 14.1. The fraction of sp³-hybridized carbons (Fsp3) is 0.0435. The van der Waals surface area contributed by atoms with Crippen LogP contribution in [0.5, 0.6) is 0 Å². The number of fused-ring (bicyclic) bond motifs is 12. The summed E-state index contributed by atoms with van der Waals surface area (Å²) in [6.45, 7) is 4.28. The van der Waals surface area contributed by atoms with Crippen LogP contribution in [0.25, 0.3) is 103 Å². The molecule has 0 bridgehead atoms. The second kappa shape index (κ2) is 10.4. The van der Waals surface area contributed by atoms with Crippen molar-refractivity contribution < 1.29 is 4.42 Å². The summed E-state index contributed by atoms with van der Waals surface area (Å²) in [5.41, 5.74) is 9.43. The largest absolute Gasteiger partial charge is 0.455 e. The molecule has 0 aliphatic heterocycles. The minimum Gasteiger partial charge on any atom is -0.455 e. The summed E-state index contributed by atoms with van der Waals surface area (Å²) >= 11 is 1.83. The van der Waals surface area contributed by atoms with Crippen molar-refractivity contribution in [1.29, 1.82) is 0 Å². The Labute approximate surface area is 282 Å². The highest BCUT2D eigenvalue weighted by molar-refractivity contribution is 7.26. The molecule has 48 heavy (non-hydrogen) atoms. The van der Waals surface area contributed by atoms with Crippen molar-refractivity contribution in [2.75, 3.05) is 0 Å². The molecule has 0 N–H and O–H groups in total. The summed E-state index contributed by atoms with van der Waals surface area (Å²) in [7, 11) is 0. The molecule has 0 spiro atoms. The molecular weight excluding hydrogens is 601 g/mol. The maximum absolute atomic E-state index is 6.79. The van der Waals surface area contributed by atoms with Crippen molar-refractivity contribution >= 4 is 91.8 Å².